The summed E-state index contributed by atoms with van der Waals surface area (Å²) >= 11 is 0. The molecule has 1 heterocycles. The Morgan fingerprint density at radius 3 is 1.97 bits per heavy atom. The van der Waals surface area contributed by atoms with Gasteiger partial charge in [-0.05, 0) is 81.4 Å². The van der Waals surface area contributed by atoms with E-state index < -0.39 is 17.6 Å². The molecule has 0 aliphatic carbocycles. The molecule has 32 heavy (non-hydrogen) atoms. The number of carbonyl (C=O) groups is 3. The largest absolute Gasteiger partial charge is 0.444 e. The monoisotopic (exact) mass is 434 g/mol. The third-order valence-electron chi connectivity index (χ3n) is 4.25. The Hall–Kier alpha value is -4.07. The van der Waals surface area contributed by atoms with Crippen LogP contribution in [-0.2, 0) is 9.53 Å². The molecule has 0 saturated carbocycles. The first-order valence-corrected chi connectivity index (χ1v) is 10.1. The summed E-state index contributed by atoms with van der Waals surface area (Å²) in [6, 6.07) is 17.8. The summed E-state index contributed by atoms with van der Waals surface area (Å²) in [5.41, 5.74) is 1.99. The van der Waals surface area contributed by atoms with Gasteiger partial charge in [0.2, 0.25) is 5.91 Å². The lowest BCUT2D eigenvalue weighted by Gasteiger charge is -2.19. The van der Waals surface area contributed by atoms with Crippen LogP contribution in [0, 0.1) is 0 Å². The number of alkyl carbamates (subject to hydrolysis) is 1. The van der Waals surface area contributed by atoms with Gasteiger partial charge in [0.1, 0.15) is 12.1 Å². The fraction of sp³-hybridized carbons (Fsp3) is 0.208. The van der Waals surface area contributed by atoms with E-state index in [1.165, 1.54) is 0 Å². The Morgan fingerprint density at radius 1 is 0.844 bits per heavy atom. The van der Waals surface area contributed by atoms with Crippen LogP contribution in [0.1, 0.15) is 31.1 Å². The van der Waals surface area contributed by atoms with Gasteiger partial charge in [0.15, 0.2) is 0 Å². The lowest BCUT2D eigenvalue weighted by Crippen LogP contribution is -2.37. The second-order valence-corrected chi connectivity index (χ2v) is 8.07. The van der Waals surface area contributed by atoms with Crippen LogP contribution in [0.3, 0.4) is 0 Å². The highest BCUT2D eigenvalue weighted by Gasteiger charge is 2.16. The molecule has 0 bridgehead atoms. The number of aromatic nitrogens is 1. The maximum absolute atomic E-state index is 12.5. The zero-order valence-electron chi connectivity index (χ0n) is 18.2. The summed E-state index contributed by atoms with van der Waals surface area (Å²) in [5.74, 6) is -0.627. The third-order valence-corrected chi connectivity index (χ3v) is 4.25. The van der Waals surface area contributed by atoms with E-state index in [4.69, 9.17) is 4.74 Å². The molecule has 8 heteroatoms. The molecular weight excluding hydrogens is 408 g/mol. The molecule has 3 amide bonds. The molecule has 2 aromatic carbocycles. The lowest BCUT2D eigenvalue weighted by molar-refractivity contribution is -0.115. The lowest BCUT2D eigenvalue weighted by atomic mass is 10.2. The molecule has 0 aliphatic heterocycles. The van der Waals surface area contributed by atoms with Crippen LogP contribution < -0.4 is 16.0 Å². The van der Waals surface area contributed by atoms with E-state index in [0.717, 1.165) is 5.69 Å². The maximum Gasteiger partial charge on any atom is 0.408 e. The second-order valence-electron chi connectivity index (χ2n) is 8.07. The average molecular weight is 434 g/mol. The highest BCUT2D eigenvalue weighted by molar-refractivity contribution is 6.04. The number of hydrogen-bond donors (Lipinski definition) is 3. The van der Waals surface area contributed by atoms with Crippen LogP contribution in [0.2, 0.25) is 0 Å². The van der Waals surface area contributed by atoms with Crippen molar-refractivity contribution >= 4 is 29.3 Å². The number of ether oxygens (including phenoxy) is 1. The smallest absolute Gasteiger partial charge is 0.408 e. The summed E-state index contributed by atoms with van der Waals surface area (Å²) in [7, 11) is 0. The maximum atomic E-state index is 12.5. The molecule has 8 nitrogen and oxygen atoms in total. The normalized spacial score (nSPS) is 10.8. The first kappa shape index (κ1) is 22.6. The van der Waals surface area contributed by atoms with Crippen molar-refractivity contribution in [2.45, 2.75) is 26.4 Å². The molecule has 0 atom stereocenters. The summed E-state index contributed by atoms with van der Waals surface area (Å²) in [5, 5.41) is 7.89. The van der Waals surface area contributed by atoms with Crippen molar-refractivity contribution in [3.63, 3.8) is 0 Å². The van der Waals surface area contributed by atoms with Crippen LogP contribution in [-0.4, -0.2) is 34.6 Å². The van der Waals surface area contributed by atoms with Gasteiger partial charge in [-0.1, -0.05) is 0 Å². The van der Waals surface area contributed by atoms with Crippen molar-refractivity contribution in [1.29, 1.82) is 0 Å². The first-order valence-electron chi connectivity index (χ1n) is 10.1. The number of benzene rings is 2. The van der Waals surface area contributed by atoms with Crippen molar-refractivity contribution in [3.05, 3.63) is 78.6 Å². The van der Waals surface area contributed by atoms with Gasteiger partial charge in [-0.25, -0.2) is 4.79 Å². The summed E-state index contributed by atoms with van der Waals surface area (Å²) in [6.07, 6.45) is 3.21. The van der Waals surface area contributed by atoms with E-state index in [-0.39, 0.29) is 12.5 Å². The Balaban J connectivity index is 1.49. The second kappa shape index (κ2) is 9.82. The zero-order chi connectivity index (χ0) is 23.1. The average Bonchev–Trinajstić information content (AvgIpc) is 3.27. The number of nitrogens with one attached hydrogen (secondary N) is 3. The quantitative estimate of drug-likeness (QED) is 0.541. The van der Waals surface area contributed by atoms with Crippen LogP contribution in [0.15, 0.2) is 73.1 Å². The standard InChI is InChI=1S/C24H26N4O4/c1-24(2,3)32-23(31)25-16-21(29)26-18-8-10-19(11-9-18)27-22(30)17-6-12-20(13-7-17)28-14-4-5-15-28/h4-15H,16H2,1-3H3,(H,25,31)(H,26,29)(H,27,30). The number of carbonyl (C=O) groups excluding carboxylic acids is 3. The van der Waals surface area contributed by atoms with Gasteiger partial charge in [-0.3, -0.25) is 9.59 Å². The van der Waals surface area contributed by atoms with Crippen molar-refractivity contribution < 1.29 is 19.1 Å². The SMILES string of the molecule is CC(C)(C)OC(=O)NCC(=O)Nc1ccc(NC(=O)c2ccc(-n3cccc3)cc2)cc1. The Bertz CT molecular complexity index is 1070. The van der Waals surface area contributed by atoms with E-state index in [1.54, 1.807) is 57.2 Å². The Morgan fingerprint density at radius 2 is 1.41 bits per heavy atom. The predicted molar refractivity (Wildman–Crippen MR) is 123 cm³/mol. The van der Waals surface area contributed by atoms with Gasteiger partial charge >= 0.3 is 6.09 Å². The topological polar surface area (TPSA) is 101 Å². The molecule has 1 aromatic heterocycles. The number of nitrogens with zero attached hydrogens (tertiary/aromatic N) is 1. The molecule has 0 saturated heterocycles. The minimum absolute atomic E-state index is 0.216. The van der Waals surface area contributed by atoms with Gasteiger partial charge < -0.3 is 25.3 Å². The summed E-state index contributed by atoms with van der Waals surface area (Å²) in [6.45, 7) is 5.01. The summed E-state index contributed by atoms with van der Waals surface area (Å²) < 4.78 is 7.04. The number of amides is 3. The van der Waals surface area contributed by atoms with Gasteiger partial charge in [0, 0.05) is 35.0 Å². The molecule has 0 spiro atoms. The van der Waals surface area contributed by atoms with E-state index in [1.807, 2.05) is 41.2 Å². The van der Waals surface area contributed by atoms with E-state index in [9.17, 15) is 14.4 Å². The molecule has 0 unspecified atom stereocenters. The van der Waals surface area contributed by atoms with Crippen molar-refractivity contribution in [2.75, 3.05) is 17.2 Å². The number of hydrogen-bond acceptors (Lipinski definition) is 4. The van der Waals surface area contributed by atoms with Crippen LogP contribution >= 0.6 is 0 Å². The van der Waals surface area contributed by atoms with Gasteiger partial charge in [-0.15, -0.1) is 0 Å². The van der Waals surface area contributed by atoms with Crippen molar-refractivity contribution in [2.24, 2.45) is 0 Å². The van der Waals surface area contributed by atoms with Crippen LogP contribution in [0.5, 0.6) is 0 Å². The van der Waals surface area contributed by atoms with E-state index >= 15 is 0 Å². The number of rotatable bonds is 6. The fourth-order valence-electron chi connectivity index (χ4n) is 2.80. The van der Waals surface area contributed by atoms with Gasteiger partial charge in [0.25, 0.3) is 5.91 Å². The Kier molecular flexibility index (Phi) is 6.94. The fourth-order valence-corrected chi connectivity index (χ4v) is 2.80. The van der Waals surface area contributed by atoms with E-state index in [0.29, 0.717) is 16.9 Å². The van der Waals surface area contributed by atoms with Gasteiger partial charge in [-0.2, -0.15) is 0 Å². The summed E-state index contributed by atoms with van der Waals surface area (Å²) in [4.78, 5) is 36.1. The highest BCUT2D eigenvalue weighted by atomic mass is 16.6. The first-order chi connectivity index (χ1) is 15.2. The van der Waals surface area contributed by atoms with Crippen molar-refractivity contribution in [1.82, 2.24) is 9.88 Å². The molecule has 0 aliphatic rings. The highest BCUT2D eigenvalue weighted by Crippen LogP contribution is 2.16. The Labute approximate surface area is 186 Å². The van der Waals surface area contributed by atoms with E-state index in [2.05, 4.69) is 16.0 Å². The molecule has 3 aromatic rings. The van der Waals surface area contributed by atoms with Crippen molar-refractivity contribution in [3.8, 4) is 5.69 Å². The molecule has 0 fully saturated rings. The van der Waals surface area contributed by atoms with Crippen LogP contribution in [0.25, 0.3) is 5.69 Å². The minimum Gasteiger partial charge on any atom is -0.444 e. The molecule has 3 rings (SSSR count). The molecule has 3 N–H and O–H groups in total. The zero-order valence-corrected chi connectivity index (χ0v) is 18.2. The molecule has 0 radical (unpaired) electrons. The predicted octanol–water partition coefficient (Wildman–Crippen LogP) is 4.19. The third kappa shape index (κ3) is 6.73. The number of anilines is 2. The van der Waals surface area contributed by atoms with Crippen LogP contribution in [0.4, 0.5) is 16.2 Å². The molecular formula is C24H26N4O4. The molecule has 166 valence electrons. The van der Waals surface area contributed by atoms with Gasteiger partial charge in [0.05, 0.1) is 0 Å². The minimum atomic E-state index is -0.660.